The van der Waals surface area contributed by atoms with E-state index in [2.05, 4.69) is 29.2 Å². The van der Waals surface area contributed by atoms with Gasteiger partial charge in [0.15, 0.2) is 5.96 Å². The third kappa shape index (κ3) is 6.51. The van der Waals surface area contributed by atoms with Gasteiger partial charge in [-0.1, -0.05) is 13.3 Å². The quantitative estimate of drug-likeness (QED) is 0.399. The Morgan fingerprint density at radius 3 is 2.82 bits per heavy atom. The number of unbranched alkanes of at least 4 members (excludes halogenated alkanes) is 1. The van der Waals surface area contributed by atoms with Crippen molar-refractivity contribution in [2.75, 3.05) is 40.4 Å². The Balaban J connectivity index is 2.06. The minimum absolute atomic E-state index is 0.793. The molecule has 17 heavy (non-hydrogen) atoms. The zero-order chi connectivity index (χ0) is 12.5. The molecule has 1 fully saturated rings. The maximum absolute atomic E-state index is 5.62. The molecule has 0 aromatic carbocycles. The molecule has 4 heteroatoms. The van der Waals surface area contributed by atoms with Crippen LogP contribution < -0.4 is 5.32 Å². The summed E-state index contributed by atoms with van der Waals surface area (Å²) in [7, 11) is 3.89. The van der Waals surface area contributed by atoms with Crippen molar-refractivity contribution in [1.29, 1.82) is 0 Å². The van der Waals surface area contributed by atoms with E-state index >= 15 is 0 Å². The summed E-state index contributed by atoms with van der Waals surface area (Å²) in [4.78, 5) is 6.39. The van der Waals surface area contributed by atoms with Crippen LogP contribution in [0.15, 0.2) is 4.99 Å². The minimum Gasteiger partial charge on any atom is -0.379 e. The monoisotopic (exact) mass is 241 g/mol. The van der Waals surface area contributed by atoms with E-state index in [0.717, 1.165) is 38.2 Å². The van der Waals surface area contributed by atoms with Crippen LogP contribution in [-0.4, -0.2) is 51.3 Å². The van der Waals surface area contributed by atoms with Crippen molar-refractivity contribution in [3.05, 3.63) is 0 Å². The molecule has 100 valence electrons. The molecule has 0 aromatic rings. The van der Waals surface area contributed by atoms with Crippen molar-refractivity contribution in [2.45, 2.75) is 32.6 Å². The lowest BCUT2D eigenvalue weighted by Gasteiger charge is -2.21. The van der Waals surface area contributed by atoms with Gasteiger partial charge in [-0.2, -0.15) is 0 Å². The molecule has 1 N–H and O–H groups in total. The number of guanidine groups is 1. The predicted octanol–water partition coefficient (Wildman–Crippen LogP) is 1.72. The van der Waals surface area contributed by atoms with E-state index in [9.17, 15) is 0 Å². The third-order valence-corrected chi connectivity index (χ3v) is 3.01. The van der Waals surface area contributed by atoms with Crippen molar-refractivity contribution >= 4 is 5.96 Å². The van der Waals surface area contributed by atoms with Gasteiger partial charge < -0.3 is 15.0 Å². The molecule has 0 amide bonds. The Labute approximate surface area is 105 Å². The molecule has 4 nitrogen and oxygen atoms in total. The molecule has 0 spiro atoms. The van der Waals surface area contributed by atoms with Gasteiger partial charge in [0.05, 0.1) is 6.61 Å². The fourth-order valence-electron chi connectivity index (χ4n) is 1.60. The standard InChI is InChI=1S/C13H27N3O/c1-4-5-8-15-13(14-2)16(3)9-10-17-11-12-6-7-12/h12H,4-11H2,1-3H3,(H,14,15). The summed E-state index contributed by atoms with van der Waals surface area (Å²) in [6, 6.07) is 0. The number of rotatable bonds is 8. The number of hydrogen-bond donors (Lipinski definition) is 1. The maximum Gasteiger partial charge on any atom is 0.193 e. The molecule has 1 rings (SSSR count). The van der Waals surface area contributed by atoms with E-state index in [1.54, 1.807) is 0 Å². The van der Waals surface area contributed by atoms with Crippen LogP contribution in [0.3, 0.4) is 0 Å². The highest BCUT2D eigenvalue weighted by molar-refractivity contribution is 5.79. The molecule has 1 aliphatic rings. The van der Waals surface area contributed by atoms with Crippen LogP contribution >= 0.6 is 0 Å². The second kappa shape index (κ2) is 8.34. The highest BCUT2D eigenvalue weighted by atomic mass is 16.5. The fraction of sp³-hybridized carbons (Fsp3) is 0.923. The van der Waals surface area contributed by atoms with E-state index in [-0.39, 0.29) is 0 Å². The first kappa shape index (κ1) is 14.3. The van der Waals surface area contributed by atoms with Crippen LogP contribution in [0, 0.1) is 5.92 Å². The smallest absolute Gasteiger partial charge is 0.193 e. The van der Waals surface area contributed by atoms with E-state index in [4.69, 9.17) is 4.74 Å². The lowest BCUT2D eigenvalue weighted by molar-refractivity contribution is 0.115. The molecular formula is C13H27N3O. The minimum atomic E-state index is 0.793. The van der Waals surface area contributed by atoms with Gasteiger partial charge >= 0.3 is 0 Å². The lowest BCUT2D eigenvalue weighted by Crippen LogP contribution is -2.40. The average molecular weight is 241 g/mol. The topological polar surface area (TPSA) is 36.9 Å². The van der Waals surface area contributed by atoms with Crippen LogP contribution in [0.5, 0.6) is 0 Å². The number of nitrogens with one attached hydrogen (secondary N) is 1. The van der Waals surface area contributed by atoms with Gasteiger partial charge in [-0.15, -0.1) is 0 Å². The second-order valence-electron chi connectivity index (χ2n) is 4.77. The van der Waals surface area contributed by atoms with Gasteiger partial charge in [0.2, 0.25) is 0 Å². The Kier molecular flexibility index (Phi) is 7.01. The van der Waals surface area contributed by atoms with Gasteiger partial charge in [0, 0.05) is 33.8 Å². The van der Waals surface area contributed by atoms with Crippen molar-refractivity contribution < 1.29 is 4.74 Å². The van der Waals surface area contributed by atoms with E-state index in [1.807, 2.05) is 7.05 Å². The highest BCUT2D eigenvalue weighted by Crippen LogP contribution is 2.28. The molecule has 1 saturated carbocycles. The summed E-state index contributed by atoms with van der Waals surface area (Å²) in [5.74, 6) is 1.82. The fourth-order valence-corrected chi connectivity index (χ4v) is 1.60. The Morgan fingerprint density at radius 1 is 1.47 bits per heavy atom. The first-order valence-corrected chi connectivity index (χ1v) is 6.77. The summed E-state index contributed by atoms with van der Waals surface area (Å²) in [5, 5.41) is 3.35. The van der Waals surface area contributed by atoms with Crippen LogP contribution in [0.25, 0.3) is 0 Å². The Bertz CT molecular complexity index is 227. The summed E-state index contributed by atoms with van der Waals surface area (Å²) < 4.78 is 5.62. The first-order valence-electron chi connectivity index (χ1n) is 6.77. The molecule has 0 heterocycles. The Morgan fingerprint density at radius 2 is 2.24 bits per heavy atom. The highest BCUT2D eigenvalue weighted by Gasteiger charge is 2.21. The second-order valence-corrected chi connectivity index (χ2v) is 4.77. The van der Waals surface area contributed by atoms with E-state index in [0.29, 0.717) is 0 Å². The van der Waals surface area contributed by atoms with Crippen LogP contribution in [0.2, 0.25) is 0 Å². The molecule has 0 aliphatic heterocycles. The van der Waals surface area contributed by atoms with Crippen molar-refractivity contribution in [3.8, 4) is 0 Å². The molecule has 0 atom stereocenters. The zero-order valence-electron chi connectivity index (χ0n) is 11.5. The largest absolute Gasteiger partial charge is 0.379 e. The van der Waals surface area contributed by atoms with Gasteiger partial charge in [0.1, 0.15) is 0 Å². The number of hydrogen-bond acceptors (Lipinski definition) is 2. The lowest BCUT2D eigenvalue weighted by atomic mass is 10.3. The summed E-state index contributed by atoms with van der Waals surface area (Å²) in [5.41, 5.74) is 0. The molecule has 1 aliphatic carbocycles. The predicted molar refractivity (Wildman–Crippen MR) is 72.4 cm³/mol. The number of nitrogens with zero attached hydrogens (tertiary/aromatic N) is 2. The van der Waals surface area contributed by atoms with Gasteiger partial charge in [-0.3, -0.25) is 4.99 Å². The van der Waals surface area contributed by atoms with Crippen LogP contribution in [0.4, 0.5) is 0 Å². The first-order chi connectivity index (χ1) is 8.27. The van der Waals surface area contributed by atoms with Crippen molar-refractivity contribution in [2.24, 2.45) is 10.9 Å². The van der Waals surface area contributed by atoms with Crippen molar-refractivity contribution in [3.63, 3.8) is 0 Å². The van der Waals surface area contributed by atoms with Gasteiger partial charge in [-0.25, -0.2) is 0 Å². The van der Waals surface area contributed by atoms with Crippen LogP contribution in [-0.2, 0) is 4.74 Å². The number of ether oxygens (including phenoxy) is 1. The normalized spacial score (nSPS) is 16.1. The van der Waals surface area contributed by atoms with E-state index < -0.39 is 0 Å². The molecule has 0 radical (unpaired) electrons. The van der Waals surface area contributed by atoms with Crippen LogP contribution in [0.1, 0.15) is 32.6 Å². The Hall–Kier alpha value is -0.770. The van der Waals surface area contributed by atoms with Crippen molar-refractivity contribution in [1.82, 2.24) is 10.2 Å². The molecule has 0 bridgehead atoms. The number of likely N-dealkylation sites (N-methyl/N-ethyl adjacent to an activating group) is 1. The third-order valence-electron chi connectivity index (χ3n) is 3.01. The summed E-state index contributed by atoms with van der Waals surface area (Å²) in [6.07, 6.45) is 5.11. The molecule has 0 unspecified atom stereocenters. The molecular weight excluding hydrogens is 214 g/mol. The van der Waals surface area contributed by atoms with E-state index in [1.165, 1.54) is 25.7 Å². The number of aliphatic imine (C=N–C) groups is 1. The van der Waals surface area contributed by atoms with Gasteiger partial charge in [-0.05, 0) is 25.2 Å². The maximum atomic E-state index is 5.62. The zero-order valence-corrected chi connectivity index (χ0v) is 11.5. The summed E-state index contributed by atoms with van der Waals surface area (Å²) >= 11 is 0. The summed E-state index contributed by atoms with van der Waals surface area (Å²) in [6.45, 7) is 5.83. The average Bonchev–Trinajstić information content (AvgIpc) is 3.14. The SMILES string of the molecule is CCCCNC(=NC)N(C)CCOCC1CC1. The molecule has 0 aromatic heterocycles. The molecule has 0 saturated heterocycles. The van der Waals surface area contributed by atoms with Gasteiger partial charge in [0.25, 0.3) is 0 Å².